The normalized spacial score (nSPS) is 14.1. The van der Waals surface area contributed by atoms with Crippen LogP contribution < -0.4 is 14.5 Å². The molecule has 0 unspecified atom stereocenters. The van der Waals surface area contributed by atoms with E-state index in [1.54, 1.807) is 13.2 Å². The molecule has 1 saturated heterocycles. The maximum Gasteiger partial charge on any atom is 0.255 e. The van der Waals surface area contributed by atoms with Gasteiger partial charge in [0.05, 0.1) is 12.7 Å². The van der Waals surface area contributed by atoms with Gasteiger partial charge in [0.2, 0.25) is 0 Å². The molecule has 8 heteroatoms. The average Bonchev–Trinajstić information content (AvgIpc) is 2.75. The quantitative estimate of drug-likeness (QED) is 0.677. The van der Waals surface area contributed by atoms with E-state index in [-0.39, 0.29) is 5.91 Å². The van der Waals surface area contributed by atoms with Gasteiger partial charge in [-0.3, -0.25) is 4.79 Å². The van der Waals surface area contributed by atoms with Crippen LogP contribution in [0.2, 0.25) is 0 Å². The third kappa shape index (κ3) is 4.38. The number of hydrogen-bond acceptors (Lipinski definition) is 6. The first kappa shape index (κ1) is 20.4. The van der Waals surface area contributed by atoms with E-state index in [0.29, 0.717) is 24.4 Å². The number of carbonyl (C=O) groups is 1. The lowest BCUT2D eigenvalue weighted by atomic mass is 10.1. The fraction of sp³-hybridized carbons (Fsp3) is 0.450. The number of rotatable bonds is 6. The van der Waals surface area contributed by atoms with Crippen molar-refractivity contribution >= 4 is 33.5 Å². The minimum absolute atomic E-state index is 0.00777. The van der Waals surface area contributed by atoms with Crippen LogP contribution in [0, 0.1) is 0 Å². The molecule has 1 aromatic heterocycles. The number of nitrogens with zero attached hydrogens (tertiary/aromatic N) is 5. The molecule has 1 aromatic carbocycles. The van der Waals surface area contributed by atoms with Gasteiger partial charge in [-0.1, -0.05) is 0 Å². The Hall–Kier alpha value is -2.35. The van der Waals surface area contributed by atoms with Gasteiger partial charge in [-0.15, -0.1) is 10.2 Å². The van der Waals surface area contributed by atoms with Crippen LogP contribution in [0.15, 0.2) is 34.8 Å². The first-order chi connectivity index (χ1) is 13.6. The Morgan fingerprint density at radius 2 is 1.82 bits per heavy atom. The molecule has 0 saturated carbocycles. The van der Waals surface area contributed by atoms with Gasteiger partial charge in [0.1, 0.15) is 5.75 Å². The first-order valence-corrected chi connectivity index (χ1v) is 10.3. The van der Waals surface area contributed by atoms with E-state index >= 15 is 0 Å². The molecule has 2 heterocycles. The largest absolute Gasteiger partial charge is 0.497 e. The second kappa shape index (κ2) is 9.23. The summed E-state index contributed by atoms with van der Waals surface area (Å²) < 4.78 is 6.02. The van der Waals surface area contributed by atoms with E-state index in [2.05, 4.69) is 49.8 Å². The van der Waals surface area contributed by atoms with Crippen molar-refractivity contribution in [1.29, 1.82) is 0 Å². The molecule has 7 nitrogen and oxygen atoms in total. The van der Waals surface area contributed by atoms with E-state index in [4.69, 9.17) is 4.74 Å². The number of methoxy groups -OCH3 is 1. The van der Waals surface area contributed by atoms with Crippen LogP contribution in [-0.2, 0) is 0 Å². The van der Waals surface area contributed by atoms with Crippen LogP contribution >= 0.6 is 15.9 Å². The molecule has 2 aromatic rings. The standard InChI is InChI=1S/C20H26BrN5O2/c1-4-24(5-2)18-8-9-19(23-22-18)25-10-12-26(13-11-25)20(27)16-14-15(28-3)6-7-17(16)21/h6-9,14H,4-5,10-13H2,1-3H3. The highest BCUT2D eigenvalue weighted by atomic mass is 79.9. The fourth-order valence-corrected chi connectivity index (χ4v) is 3.72. The third-order valence-corrected chi connectivity index (χ3v) is 5.71. The molecule has 150 valence electrons. The van der Waals surface area contributed by atoms with Crippen LogP contribution in [0.5, 0.6) is 5.75 Å². The van der Waals surface area contributed by atoms with Gasteiger partial charge < -0.3 is 19.4 Å². The smallest absolute Gasteiger partial charge is 0.255 e. The molecular formula is C20H26BrN5O2. The van der Waals surface area contributed by atoms with Crippen molar-refractivity contribution in [2.24, 2.45) is 0 Å². The predicted molar refractivity (Wildman–Crippen MR) is 114 cm³/mol. The molecule has 1 aliphatic rings. The molecule has 0 N–H and O–H groups in total. The van der Waals surface area contributed by atoms with Crippen LogP contribution in [0.3, 0.4) is 0 Å². The lowest BCUT2D eigenvalue weighted by Gasteiger charge is -2.35. The number of halogens is 1. The summed E-state index contributed by atoms with van der Waals surface area (Å²) in [7, 11) is 1.60. The Balaban J connectivity index is 1.63. The molecule has 0 bridgehead atoms. The lowest BCUT2D eigenvalue weighted by Crippen LogP contribution is -2.49. The fourth-order valence-electron chi connectivity index (χ4n) is 3.31. The lowest BCUT2D eigenvalue weighted by molar-refractivity contribution is 0.0745. The maximum absolute atomic E-state index is 12.9. The number of anilines is 2. The highest BCUT2D eigenvalue weighted by Gasteiger charge is 2.24. The van der Waals surface area contributed by atoms with E-state index in [1.165, 1.54) is 0 Å². The summed E-state index contributed by atoms with van der Waals surface area (Å²) in [6, 6.07) is 9.47. The number of aromatic nitrogens is 2. The molecular weight excluding hydrogens is 422 g/mol. The van der Waals surface area contributed by atoms with Crippen LogP contribution in [-0.4, -0.2) is 67.4 Å². The molecule has 1 amide bonds. The van der Waals surface area contributed by atoms with Gasteiger partial charge in [-0.2, -0.15) is 0 Å². The number of hydrogen-bond donors (Lipinski definition) is 0. The van der Waals surface area contributed by atoms with Crippen molar-refractivity contribution in [3.05, 3.63) is 40.4 Å². The molecule has 1 aliphatic heterocycles. The molecule has 0 spiro atoms. The second-order valence-corrected chi connectivity index (χ2v) is 7.40. The third-order valence-electron chi connectivity index (χ3n) is 5.02. The van der Waals surface area contributed by atoms with Crippen molar-refractivity contribution in [3.63, 3.8) is 0 Å². The summed E-state index contributed by atoms with van der Waals surface area (Å²) >= 11 is 3.47. The Bertz CT molecular complexity index is 803. The summed E-state index contributed by atoms with van der Waals surface area (Å²) in [6.45, 7) is 8.77. The zero-order valence-electron chi connectivity index (χ0n) is 16.6. The van der Waals surface area contributed by atoms with Gasteiger partial charge in [-0.05, 0) is 60.1 Å². The first-order valence-electron chi connectivity index (χ1n) is 9.53. The molecule has 3 rings (SSSR count). The van der Waals surface area contributed by atoms with Gasteiger partial charge in [0.25, 0.3) is 5.91 Å². The van der Waals surface area contributed by atoms with E-state index in [0.717, 1.165) is 42.3 Å². The molecule has 0 atom stereocenters. The monoisotopic (exact) mass is 447 g/mol. The summed E-state index contributed by atoms with van der Waals surface area (Å²) in [6.07, 6.45) is 0. The Morgan fingerprint density at radius 3 is 2.39 bits per heavy atom. The van der Waals surface area contributed by atoms with Gasteiger partial charge in [0.15, 0.2) is 11.6 Å². The molecule has 1 fully saturated rings. The number of carbonyl (C=O) groups excluding carboxylic acids is 1. The Labute approximate surface area is 174 Å². The highest BCUT2D eigenvalue weighted by Crippen LogP contribution is 2.25. The Morgan fingerprint density at radius 1 is 1.11 bits per heavy atom. The van der Waals surface area contributed by atoms with Gasteiger partial charge in [0, 0.05) is 43.7 Å². The van der Waals surface area contributed by atoms with Gasteiger partial charge >= 0.3 is 0 Å². The zero-order valence-corrected chi connectivity index (χ0v) is 18.1. The van der Waals surface area contributed by atoms with Crippen molar-refractivity contribution < 1.29 is 9.53 Å². The second-order valence-electron chi connectivity index (χ2n) is 6.55. The minimum Gasteiger partial charge on any atom is -0.497 e. The summed E-state index contributed by atoms with van der Waals surface area (Å²) in [5, 5.41) is 8.75. The van der Waals surface area contributed by atoms with Crippen molar-refractivity contribution in [2.45, 2.75) is 13.8 Å². The summed E-state index contributed by atoms with van der Waals surface area (Å²) in [5.41, 5.74) is 0.621. The summed E-state index contributed by atoms with van der Waals surface area (Å²) in [4.78, 5) is 19.1. The van der Waals surface area contributed by atoms with Crippen LogP contribution in [0.1, 0.15) is 24.2 Å². The van der Waals surface area contributed by atoms with E-state index in [9.17, 15) is 4.79 Å². The van der Waals surface area contributed by atoms with Crippen molar-refractivity contribution in [3.8, 4) is 5.75 Å². The SMILES string of the molecule is CCN(CC)c1ccc(N2CCN(C(=O)c3cc(OC)ccc3Br)CC2)nn1. The van der Waals surface area contributed by atoms with Gasteiger partial charge in [-0.25, -0.2) is 0 Å². The average molecular weight is 448 g/mol. The van der Waals surface area contributed by atoms with Crippen molar-refractivity contribution in [1.82, 2.24) is 15.1 Å². The van der Waals surface area contributed by atoms with Crippen molar-refractivity contribution in [2.75, 3.05) is 56.2 Å². The zero-order chi connectivity index (χ0) is 20.1. The number of piperazine rings is 1. The highest BCUT2D eigenvalue weighted by molar-refractivity contribution is 9.10. The number of benzene rings is 1. The maximum atomic E-state index is 12.9. The van der Waals surface area contributed by atoms with E-state index < -0.39 is 0 Å². The van der Waals surface area contributed by atoms with E-state index in [1.807, 2.05) is 29.2 Å². The summed E-state index contributed by atoms with van der Waals surface area (Å²) in [5.74, 6) is 2.43. The van der Waals surface area contributed by atoms with Crippen LogP contribution in [0.4, 0.5) is 11.6 Å². The predicted octanol–water partition coefficient (Wildman–Crippen LogP) is 3.06. The number of ether oxygens (including phenoxy) is 1. The molecule has 28 heavy (non-hydrogen) atoms. The topological polar surface area (TPSA) is 61.8 Å². The Kier molecular flexibility index (Phi) is 6.72. The van der Waals surface area contributed by atoms with Crippen LogP contribution in [0.25, 0.3) is 0 Å². The molecule has 0 radical (unpaired) electrons. The minimum atomic E-state index is 0.00777. The molecule has 0 aliphatic carbocycles. The number of amides is 1.